The molecule has 0 saturated carbocycles. The van der Waals surface area contributed by atoms with E-state index in [1.807, 2.05) is 13.8 Å². The minimum absolute atomic E-state index is 1.13. The third-order valence-electron chi connectivity index (χ3n) is 3.02. The van der Waals surface area contributed by atoms with E-state index >= 15 is 0 Å². The number of nitrogens with zero attached hydrogens (tertiary/aromatic N) is 1. The highest BCUT2D eigenvalue weighted by atomic mass is 15.1. The van der Waals surface area contributed by atoms with Crippen LogP contribution in [0.5, 0.6) is 0 Å². The summed E-state index contributed by atoms with van der Waals surface area (Å²) in [7, 11) is 2.17. The van der Waals surface area contributed by atoms with Crippen molar-refractivity contribution in [2.45, 2.75) is 41.0 Å². The van der Waals surface area contributed by atoms with Gasteiger partial charge in [0.1, 0.15) is 0 Å². The van der Waals surface area contributed by atoms with E-state index in [1.165, 1.54) is 16.7 Å². The summed E-state index contributed by atoms with van der Waals surface area (Å²) in [4.78, 5) is 2.35. The summed E-state index contributed by atoms with van der Waals surface area (Å²) in [5.41, 5.74) is 4.35. The summed E-state index contributed by atoms with van der Waals surface area (Å²) in [6.07, 6.45) is 1.16. The van der Waals surface area contributed by atoms with Crippen molar-refractivity contribution >= 4 is 0 Å². The molecule has 0 aliphatic carbocycles. The first-order valence-electron chi connectivity index (χ1n) is 6.38. The van der Waals surface area contributed by atoms with Gasteiger partial charge in [-0.3, -0.25) is 0 Å². The Hall–Kier alpha value is -0.820. The lowest BCUT2D eigenvalue weighted by atomic mass is 10.0. The molecule has 0 amide bonds. The van der Waals surface area contributed by atoms with Crippen molar-refractivity contribution in [3.05, 3.63) is 34.9 Å². The van der Waals surface area contributed by atoms with Crippen LogP contribution in [0.15, 0.2) is 18.2 Å². The number of likely N-dealkylation sites (N-methyl/N-ethyl adjacent to an activating group) is 1. The Morgan fingerprint density at radius 1 is 1.12 bits per heavy atom. The average molecular weight is 221 g/mol. The van der Waals surface area contributed by atoms with Gasteiger partial charge in [-0.2, -0.15) is 0 Å². The fraction of sp³-hybridized carbons (Fsp3) is 0.600. The monoisotopic (exact) mass is 221 g/mol. The average Bonchev–Trinajstić information content (AvgIpc) is 2.33. The standard InChI is InChI=1S/C13H21N.C2H6/c1-5-14(4)10-9-13-8-6-7-11(2)12(13)3;1-2/h6-8H,5,9-10H2,1-4H3;1-2H3. The quantitative estimate of drug-likeness (QED) is 0.747. The van der Waals surface area contributed by atoms with Crippen LogP contribution in [-0.2, 0) is 6.42 Å². The molecule has 1 aromatic carbocycles. The Kier molecular flexibility index (Phi) is 7.92. The maximum atomic E-state index is 2.35. The zero-order chi connectivity index (χ0) is 12.6. The Morgan fingerprint density at radius 2 is 1.75 bits per heavy atom. The van der Waals surface area contributed by atoms with E-state index in [0.717, 1.165) is 19.5 Å². The predicted octanol–water partition coefficient (Wildman–Crippen LogP) is 3.82. The van der Waals surface area contributed by atoms with E-state index in [-0.39, 0.29) is 0 Å². The molecule has 0 unspecified atom stereocenters. The first-order valence-corrected chi connectivity index (χ1v) is 6.38. The second kappa shape index (κ2) is 8.35. The van der Waals surface area contributed by atoms with Crippen LogP contribution < -0.4 is 0 Å². The van der Waals surface area contributed by atoms with Crippen molar-refractivity contribution in [3.63, 3.8) is 0 Å². The SMILES string of the molecule is CC.CCN(C)CCc1cccc(C)c1C. The van der Waals surface area contributed by atoms with Crippen LogP contribution in [0.2, 0.25) is 0 Å². The summed E-state index contributed by atoms with van der Waals surface area (Å²) in [6.45, 7) is 12.9. The maximum absolute atomic E-state index is 2.35. The van der Waals surface area contributed by atoms with Crippen LogP contribution in [0.4, 0.5) is 0 Å². The summed E-state index contributed by atoms with van der Waals surface area (Å²) in [5.74, 6) is 0. The van der Waals surface area contributed by atoms with Gasteiger partial charge in [-0.25, -0.2) is 0 Å². The number of hydrogen-bond donors (Lipinski definition) is 0. The molecule has 0 saturated heterocycles. The van der Waals surface area contributed by atoms with Crippen LogP contribution in [0, 0.1) is 13.8 Å². The van der Waals surface area contributed by atoms with Gasteiger partial charge in [0.15, 0.2) is 0 Å². The molecule has 1 heteroatoms. The molecule has 0 spiro atoms. The lowest BCUT2D eigenvalue weighted by molar-refractivity contribution is 0.357. The van der Waals surface area contributed by atoms with Gasteiger partial charge < -0.3 is 4.90 Å². The van der Waals surface area contributed by atoms with Crippen molar-refractivity contribution in [2.75, 3.05) is 20.1 Å². The largest absolute Gasteiger partial charge is 0.306 e. The van der Waals surface area contributed by atoms with E-state index in [4.69, 9.17) is 0 Å². The molecule has 0 aromatic heterocycles. The molecular weight excluding hydrogens is 194 g/mol. The number of rotatable bonds is 4. The molecule has 1 rings (SSSR count). The Balaban J connectivity index is 0.00000106. The molecule has 0 aliphatic heterocycles. The van der Waals surface area contributed by atoms with Gasteiger partial charge in [0.05, 0.1) is 0 Å². The summed E-state index contributed by atoms with van der Waals surface area (Å²) in [6, 6.07) is 6.58. The van der Waals surface area contributed by atoms with Crippen molar-refractivity contribution in [1.82, 2.24) is 4.90 Å². The Labute approximate surface area is 101 Å². The van der Waals surface area contributed by atoms with Gasteiger partial charge in [-0.1, -0.05) is 39.0 Å². The minimum atomic E-state index is 1.13. The number of aryl methyl sites for hydroxylation is 1. The molecule has 1 nitrogen and oxygen atoms in total. The van der Waals surface area contributed by atoms with Gasteiger partial charge in [0.25, 0.3) is 0 Å². The van der Waals surface area contributed by atoms with Gasteiger partial charge in [-0.15, -0.1) is 0 Å². The van der Waals surface area contributed by atoms with E-state index in [1.54, 1.807) is 0 Å². The van der Waals surface area contributed by atoms with Crippen LogP contribution >= 0.6 is 0 Å². The number of hydrogen-bond acceptors (Lipinski definition) is 1. The van der Waals surface area contributed by atoms with Crippen molar-refractivity contribution in [1.29, 1.82) is 0 Å². The number of benzene rings is 1. The predicted molar refractivity (Wildman–Crippen MR) is 74.1 cm³/mol. The molecule has 0 aliphatic rings. The van der Waals surface area contributed by atoms with E-state index in [2.05, 4.69) is 50.9 Å². The summed E-state index contributed by atoms with van der Waals surface area (Å²) < 4.78 is 0. The lowest BCUT2D eigenvalue weighted by Gasteiger charge is -2.15. The zero-order valence-electron chi connectivity index (χ0n) is 11.8. The normalized spacial score (nSPS) is 9.94. The topological polar surface area (TPSA) is 3.24 Å². The van der Waals surface area contributed by atoms with E-state index < -0.39 is 0 Å². The third-order valence-corrected chi connectivity index (χ3v) is 3.02. The minimum Gasteiger partial charge on any atom is -0.306 e. The highest BCUT2D eigenvalue weighted by Crippen LogP contribution is 2.13. The zero-order valence-corrected chi connectivity index (χ0v) is 11.8. The second-order valence-corrected chi connectivity index (χ2v) is 4.00. The third kappa shape index (κ3) is 4.80. The van der Waals surface area contributed by atoms with Crippen molar-refractivity contribution in [2.24, 2.45) is 0 Å². The Bertz CT molecular complexity index is 291. The highest BCUT2D eigenvalue weighted by molar-refractivity contribution is 5.33. The summed E-state index contributed by atoms with van der Waals surface area (Å²) in [5, 5.41) is 0. The molecule has 0 fully saturated rings. The van der Waals surface area contributed by atoms with E-state index in [0.29, 0.717) is 0 Å². The molecule has 0 heterocycles. The Morgan fingerprint density at radius 3 is 2.31 bits per heavy atom. The van der Waals surface area contributed by atoms with Crippen LogP contribution in [-0.4, -0.2) is 25.0 Å². The van der Waals surface area contributed by atoms with E-state index in [9.17, 15) is 0 Å². The second-order valence-electron chi connectivity index (χ2n) is 4.00. The first kappa shape index (κ1) is 15.2. The molecule has 0 atom stereocenters. The maximum Gasteiger partial charge on any atom is 0.00188 e. The molecule has 0 radical (unpaired) electrons. The molecule has 0 N–H and O–H groups in total. The van der Waals surface area contributed by atoms with Gasteiger partial charge >= 0.3 is 0 Å². The fourth-order valence-corrected chi connectivity index (χ4v) is 1.55. The smallest absolute Gasteiger partial charge is 0.00188 e. The first-order chi connectivity index (χ1) is 7.65. The van der Waals surface area contributed by atoms with Crippen LogP contribution in [0.1, 0.15) is 37.5 Å². The van der Waals surface area contributed by atoms with Crippen LogP contribution in [0.3, 0.4) is 0 Å². The molecular formula is C15H27N. The molecule has 1 aromatic rings. The van der Waals surface area contributed by atoms with Gasteiger partial charge in [0, 0.05) is 6.54 Å². The van der Waals surface area contributed by atoms with Crippen molar-refractivity contribution < 1.29 is 0 Å². The van der Waals surface area contributed by atoms with Crippen molar-refractivity contribution in [3.8, 4) is 0 Å². The van der Waals surface area contributed by atoms with Gasteiger partial charge in [0.2, 0.25) is 0 Å². The molecule has 16 heavy (non-hydrogen) atoms. The summed E-state index contributed by atoms with van der Waals surface area (Å²) >= 11 is 0. The van der Waals surface area contributed by atoms with Crippen LogP contribution in [0.25, 0.3) is 0 Å². The fourth-order valence-electron chi connectivity index (χ4n) is 1.55. The highest BCUT2D eigenvalue weighted by Gasteiger charge is 2.01. The molecule has 92 valence electrons. The van der Waals surface area contributed by atoms with Gasteiger partial charge in [-0.05, 0) is 50.6 Å². The molecule has 0 bridgehead atoms. The lowest BCUT2D eigenvalue weighted by Crippen LogP contribution is -2.20.